The molecule has 8 heteroatoms. The van der Waals surface area contributed by atoms with Crippen LogP contribution in [0.4, 0.5) is 0 Å². The van der Waals surface area contributed by atoms with Gasteiger partial charge in [0.2, 0.25) is 0 Å². The maximum Gasteiger partial charge on any atom is 0.305 e. The molecule has 8 nitrogen and oxygen atoms in total. The fourth-order valence-corrected chi connectivity index (χ4v) is 5.04. The van der Waals surface area contributed by atoms with Crippen molar-refractivity contribution in [3.8, 4) is 0 Å². The summed E-state index contributed by atoms with van der Waals surface area (Å²) in [5.41, 5.74) is 0. The smallest absolute Gasteiger partial charge is 0.305 e. The van der Waals surface area contributed by atoms with Crippen LogP contribution in [0.3, 0.4) is 0 Å². The van der Waals surface area contributed by atoms with Crippen molar-refractivity contribution >= 4 is 23.9 Å². The van der Waals surface area contributed by atoms with Gasteiger partial charge >= 0.3 is 23.9 Å². The van der Waals surface area contributed by atoms with Gasteiger partial charge in [-0.2, -0.15) is 0 Å². The highest BCUT2D eigenvalue weighted by molar-refractivity contribution is 5.70. The van der Waals surface area contributed by atoms with Crippen LogP contribution in [0.1, 0.15) is 207 Å². The topological polar surface area (TPSA) is 116 Å². The Labute approximate surface area is 288 Å². The van der Waals surface area contributed by atoms with Crippen LogP contribution in [0, 0.1) is 0 Å². The van der Waals surface area contributed by atoms with Gasteiger partial charge in [-0.25, -0.2) is 0 Å². The minimum Gasteiger partial charge on any atom is -0.481 e. The number of rotatable bonds is 34. The lowest BCUT2D eigenvalue weighted by Gasteiger charge is -2.06. The zero-order chi connectivity index (χ0) is 35.1. The first-order chi connectivity index (χ1) is 22.9. The molecule has 278 valence electrons. The van der Waals surface area contributed by atoms with Gasteiger partial charge in [-0.1, -0.05) is 136 Å². The van der Waals surface area contributed by atoms with Gasteiger partial charge in [-0.05, 0) is 44.9 Å². The van der Waals surface area contributed by atoms with Gasteiger partial charge in [0.05, 0.1) is 19.8 Å². The summed E-state index contributed by atoms with van der Waals surface area (Å²) in [5.74, 6) is -1.13. The highest BCUT2D eigenvalue weighted by atomic mass is 16.5. The second kappa shape index (κ2) is 40.1. The molecule has 0 rings (SSSR count). The van der Waals surface area contributed by atoms with Gasteiger partial charge in [0.1, 0.15) is 0 Å². The number of unbranched alkanes of at least 4 members (excludes halogenated alkanes) is 20. The Morgan fingerprint density at radius 3 is 0.872 bits per heavy atom. The van der Waals surface area contributed by atoms with Crippen LogP contribution in [0.5, 0.6) is 0 Å². The molecular formula is C39H74O8. The molecular weight excluding hydrogens is 596 g/mol. The fraction of sp³-hybridized carbons (Fsp3) is 0.897. The van der Waals surface area contributed by atoms with Crippen LogP contribution in [-0.2, 0) is 33.4 Å². The van der Waals surface area contributed by atoms with Crippen molar-refractivity contribution in [3.05, 3.63) is 0 Å². The number of carbonyl (C=O) groups excluding carboxylic acids is 3. The summed E-state index contributed by atoms with van der Waals surface area (Å²) in [6, 6.07) is 0. The van der Waals surface area contributed by atoms with Crippen LogP contribution in [0.2, 0.25) is 0 Å². The van der Waals surface area contributed by atoms with E-state index < -0.39 is 5.97 Å². The number of hydrogen-bond donors (Lipinski definition) is 1. The molecule has 0 aliphatic carbocycles. The molecule has 0 spiro atoms. The summed E-state index contributed by atoms with van der Waals surface area (Å²) in [6.07, 6.45) is 29.1. The van der Waals surface area contributed by atoms with Crippen molar-refractivity contribution in [2.75, 3.05) is 19.8 Å². The second-order valence-electron chi connectivity index (χ2n) is 12.8. The minimum absolute atomic E-state index is 0.0585. The first-order valence-corrected chi connectivity index (χ1v) is 19.6. The van der Waals surface area contributed by atoms with Crippen molar-refractivity contribution in [1.29, 1.82) is 0 Å². The Hall–Kier alpha value is -2.12. The lowest BCUT2D eigenvalue weighted by Crippen LogP contribution is -2.06. The quantitative estimate of drug-likeness (QED) is 0.0408. The molecule has 0 saturated heterocycles. The summed E-state index contributed by atoms with van der Waals surface area (Å²) in [4.78, 5) is 44.8. The van der Waals surface area contributed by atoms with Crippen molar-refractivity contribution in [3.63, 3.8) is 0 Å². The molecule has 1 N–H and O–H groups in total. The number of carboxylic acid groups (broad SMARTS) is 1. The molecule has 0 aromatic heterocycles. The normalized spacial score (nSPS) is 10.6. The lowest BCUT2D eigenvalue weighted by molar-refractivity contribution is -0.145. The SMILES string of the molecule is CCCCCCCCOC(=O)CCCCC(=O)O.CCCCCCCCOC(=O)CCCCCCCC(=O)OCCCCCCCC. The molecule has 0 unspecified atom stereocenters. The summed E-state index contributed by atoms with van der Waals surface area (Å²) in [5, 5.41) is 8.42. The van der Waals surface area contributed by atoms with Gasteiger partial charge < -0.3 is 19.3 Å². The van der Waals surface area contributed by atoms with Crippen molar-refractivity contribution in [2.45, 2.75) is 207 Å². The number of ether oxygens (including phenoxy) is 3. The van der Waals surface area contributed by atoms with E-state index in [4.69, 9.17) is 19.3 Å². The van der Waals surface area contributed by atoms with Crippen LogP contribution in [0.15, 0.2) is 0 Å². The number of aliphatic carboxylic acids is 1. The molecule has 0 heterocycles. The van der Waals surface area contributed by atoms with E-state index in [9.17, 15) is 19.2 Å². The molecule has 0 amide bonds. The average Bonchev–Trinajstić information content (AvgIpc) is 3.05. The van der Waals surface area contributed by atoms with Gasteiger partial charge in [-0.15, -0.1) is 0 Å². The first-order valence-electron chi connectivity index (χ1n) is 19.6. The van der Waals surface area contributed by atoms with E-state index in [1.807, 2.05) is 0 Å². The maximum absolute atomic E-state index is 11.7. The molecule has 0 fully saturated rings. The third-order valence-electron chi connectivity index (χ3n) is 8.07. The molecule has 47 heavy (non-hydrogen) atoms. The van der Waals surface area contributed by atoms with Crippen LogP contribution < -0.4 is 0 Å². The summed E-state index contributed by atoms with van der Waals surface area (Å²) < 4.78 is 15.6. The molecule has 0 aromatic carbocycles. The fourth-order valence-electron chi connectivity index (χ4n) is 5.04. The van der Waals surface area contributed by atoms with Gasteiger partial charge in [-0.3, -0.25) is 19.2 Å². The monoisotopic (exact) mass is 671 g/mol. The zero-order valence-corrected chi connectivity index (χ0v) is 30.9. The summed E-state index contributed by atoms with van der Waals surface area (Å²) >= 11 is 0. The molecule has 0 aromatic rings. The van der Waals surface area contributed by atoms with Crippen molar-refractivity contribution in [2.24, 2.45) is 0 Å². The largest absolute Gasteiger partial charge is 0.481 e. The molecule has 0 aliphatic heterocycles. The molecule has 0 saturated carbocycles. The van der Waals surface area contributed by atoms with E-state index in [2.05, 4.69) is 20.8 Å². The third kappa shape index (κ3) is 43.9. The minimum atomic E-state index is -0.810. The Kier molecular flexibility index (Phi) is 40.1. The summed E-state index contributed by atoms with van der Waals surface area (Å²) in [7, 11) is 0. The highest BCUT2D eigenvalue weighted by Gasteiger charge is 2.06. The van der Waals surface area contributed by atoms with E-state index >= 15 is 0 Å². The van der Waals surface area contributed by atoms with E-state index in [0.717, 1.165) is 70.6 Å². The number of carbonyl (C=O) groups is 4. The predicted molar refractivity (Wildman–Crippen MR) is 191 cm³/mol. The van der Waals surface area contributed by atoms with Gasteiger partial charge in [0, 0.05) is 25.7 Å². The van der Waals surface area contributed by atoms with E-state index in [0.29, 0.717) is 51.9 Å². The van der Waals surface area contributed by atoms with Crippen molar-refractivity contribution in [1.82, 2.24) is 0 Å². The maximum atomic E-state index is 11.7. The predicted octanol–water partition coefficient (Wildman–Crippen LogP) is 11.1. The molecule has 0 atom stereocenters. The highest BCUT2D eigenvalue weighted by Crippen LogP contribution is 2.11. The molecule has 0 bridgehead atoms. The van der Waals surface area contributed by atoms with Crippen LogP contribution in [0.25, 0.3) is 0 Å². The van der Waals surface area contributed by atoms with E-state index in [1.54, 1.807) is 0 Å². The number of carboxylic acids is 1. The lowest BCUT2D eigenvalue weighted by atomic mass is 10.1. The number of hydrogen-bond acceptors (Lipinski definition) is 7. The Balaban J connectivity index is 0. The van der Waals surface area contributed by atoms with E-state index in [1.165, 1.54) is 77.0 Å². The van der Waals surface area contributed by atoms with E-state index in [-0.39, 0.29) is 24.3 Å². The Bertz CT molecular complexity index is 675. The van der Waals surface area contributed by atoms with Gasteiger partial charge in [0.25, 0.3) is 0 Å². The standard InChI is InChI=1S/C25H48O4.C14H26O4/c1-3-5-7-9-14-18-22-28-24(26)20-16-12-11-13-17-21-25(27)29-23-19-15-10-8-6-4-2;1-2-3-4-5-6-9-12-18-14(17)11-8-7-10-13(15)16/h3-23H2,1-2H3;2-12H2,1H3,(H,15,16). The summed E-state index contributed by atoms with van der Waals surface area (Å²) in [6.45, 7) is 8.27. The zero-order valence-electron chi connectivity index (χ0n) is 30.9. The third-order valence-corrected chi connectivity index (χ3v) is 8.07. The van der Waals surface area contributed by atoms with Crippen molar-refractivity contribution < 1.29 is 38.5 Å². The average molecular weight is 671 g/mol. The second-order valence-corrected chi connectivity index (χ2v) is 12.8. The van der Waals surface area contributed by atoms with Crippen LogP contribution >= 0.6 is 0 Å². The Morgan fingerprint density at radius 2 is 0.574 bits per heavy atom. The van der Waals surface area contributed by atoms with Crippen LogP contribution in [-0.4, -0.2) is 48.8 Å². The molecule has 0 radical (unpaired) electrons. The Morgan fingerprint density at radius 1 is 0.340 bits per heavy atom. The molecule has 0 aliphatic rings. The van der Waals surface area contributed by atoms with Gasteiger partial charge in [0.15, 0.2) is 0 Å². The number of esters is 3. The first kappa shape index (κ1) is 47.0.